The first kappa shape index (κ1) is 16.9. The van der Waals surface area contributed by atoms with Crippen molar-refractivity contribution in [3.8, 4) is 11.8 Å². The molecule has 0 unspecified atom stereocenters. The van der Waals surface area contributed by atoms with E-state index < -0.39 is 11.7 Å². The Morgan fingerprint density at radius 1 is 1.20 bits per heavy atom. The fourth-order valence-corrected chi connectivity index (χ4v) is 2.96. The molecule has 25 heavy (non-hydrogen) atoms. The van der Waals surface area contributed by atoms with Gasteiger partial charge in [-0.05, 0) is 51.0 Å². The molecule has 0 aromatic heterocycles. The highest BCUT2D eigenvalue weighted by atomic mass is 79.9. The van der Waals surface area contributed by atoms with Crippen molar-refractivity contribution in [3.63, 3.8) is 0 Å². The number of anilines is 1. The molecule has 0 atom stereocenters. The zero-order valence-electron chi connectivity index (χ0n) is 12.9. The molecule has 0 bridgehead atoms. The zero-order chi connectivity index (χ0) is 17.8. The molecular weight excluding hydrogens is 387 g/mol. The molecule has 4 nitrogen and oxygen atoms in total. The highest BCUT2D eigenvalue weighted by Gasteiger charge is 2.10. The van der Waals surface area contributed by atoms with Crippen LogP contribution in [-0.2, 0) is 4.79 Å². The number of nitrogens with zero attached hydrogens (tertiary/aromatic N) is 1. The quantitative estimate of drug-likeness (QED) is 0.696. The number of halogens is 2. The highest BCUT2D eigenvalue weighted by molar-refractivity contribution is 9.10. The molecule has 3 aromatic rings. The van der Waals surface area contributed by atoms with Crippen LogP contribution in [0.5, 0.6) is 5.75 Å². The predicted octanol–water partition coefficient (Wildman–Crippen LogP) is 4.63. The van der Waals surface area contributed by atoms with Gasteiger partial charge in [0.05, 0.1) is 10.0 Å². The number of benzene rings is 3. The van der Waals surface area contributed by atoms with Crippen molar-refractivity contribution in [3.05, 3.63) is 70.5 Å². The summed E-state index contributed by atoms with van der Waals surface area (Å²) in [6, 6.07) is 17.0. The van der Waals surface area contributed by atoms with Gasteiger partial charge in [0.15, 0.2) is 6.61 Å². The fourth-order valence-electron chi connectivity index (χ4n) is 2.35. The number of hydrogen-bond acceptors (Lipinski definition) is 3. The van der Waals surface area contributed by atoms with Crippen molar-refractivity contribution >= 4 is 38.3 Å². The Morgan fingerprint density at radius 2 is 2.00 bits per heavy atom. The second-order valence-electron chi connectivity index (χ2n) is 5.24. The monoisotopic (exact) mass is 398 g/mol. The Labute approximate surface area is 152 Å². The van der Waals surface area contributed by atoms with Gasteiger partial charge < -0.3 is 10.1 Å². The molecular formula is C19H12BrFN2O2. The number of nitriles is 1. The third-order valence-electron chi connectivity index (χ3n) is 3.56. The number of ether oxygens (including phenoxy) is 1. The van der Waals surface area contributed by atoms with Crippen molar-refractivity contribution in [1.29, 1.82) is 5.26 Å². The van der Waals surface area contributed by atoms with Crippen molar-refractivity contribution in [2.75, 3.05) is 11.9 Å². The van der Waals surface area contributed by atoms with Crippen molar-refractivity contribution in [1.82, 2.24) is 0 Å². The first-order valence-corrected chi connectivity index (χ1v) is 8.17. The predicted molar refractivity (Wildman–Crippen MR) is 96.9 cm³/mol. The average molecular weight is 399 g/mol. The molecule has 0 heterocycles. The second-order valence-corrected chi connectivity index (χ2v) is 6.04. The lowest BCUT2D eigenvalue weighted by Crippen LogP contribution is -2.20. The topological polar surface area (TPSA) is 62.1 Å². The second kappa shape index (κ2) is 7.32. The minimum Gasteiger partial charge on any atom is -0.483 e. The van der Waals surface area contributed by atoms with Gasteiger partial charge in [-0.2, -0.15) is 5.26 Å². The summed E-state index contributed by atoms with van der Waals surface area (Å²) in [5, 5.41) is 13.4. The summed E-state index contributed by atoms with van der Waals surface area (Å²) >= 11 is 3.49. The summed E-state index contributed by atoms with van der Waals surface area (Å²) < 4.78 is 19.6. The number of hydrogen-bond donors (Lipinski definition) is 1. The van der Waals surface area contributed by atoms with Crippen LogP contribution < -0.4 is 10.1 Å². The van der Waals surface area contributed by atoms with E-state index in [9.17, 15) is 9.18 Å². The Balaban J connectivity index is 1.69. The van der Waals surface area contributed by atoms with E-state index in [1.54, 1.807) is 12.1 Å². The van der Waals surface area contributed by atoms with E-state index in [2.05, 4.69) is 21.2 Å². The van der Waals surface area contributed by atoms with Gasteiger partial charge in [-0.25, -0.2) is 4.39 Å². The summed E-state index contributed by atoms with van der Waals surface area (Å²) in [5.41, 5.74) is 0.208. The van der Waals surface area contributed by atoms with Crippen LogP contribution >= 0.6 is 15.9 Å². The van der Waals surface area contributed by atoms with Crippen LogP contribution in [0.2, 0.25) is 0 Å². The standard InChI is InChI=1S/C19H12BrFN2O2/c20-19-15-4-2-1-3-12(15)5-8-17(19)25-11-18(24)23-14-6-7-16(21)13(9-14)10-22/h1-9H,11H2,(H,23,24). The maximum absolute atomic E-state index is 13.3. The van der Waals surface area contributed by atoms with E-state index in [4.69, 9.17) is 10.00 Å². The molecule has 0 aliphatic rings. The Bertz CT molecular complexity index is 998. The van der Waals surface area contributed by atoms with E-state index in [-0.39, 0.29) is 12.2 Å². The normalized spacial score (nSPS) is 10.3. The zero-order valence-corrected chi connectivity index (χ0v) is 14.5. The molecule has 3 aromatic carbocycles. The van der Waals surface area contributed by atoms with E-state index in [0.29, 0.717) is 11.4 Å². The van der Waals surface area contributed by atoms with Crippen LogP contribution in [-0.4, -0.2) is 12.5 Å². The number of carbonyl (C=O) groups excluding carboxylic acids is 1. The molecule has 0 saturated heterocycles. The van der Waals surface area contributed by atoms with Gasteiger partial charge in [0.2, 0.25) is 0 Å². The molecule has 0 aliphatic heterocycles. The smallest absolute Gasteiger partial charge is 0.262 e. The summed E-state index contributed by atoms with van der Waals surface area (Å²) in [6.07, 6.45) is 0. The Kier molecular flexibility index (Phi) is 4.96. The third-order valence-corrected chi connectivity index (χ3v) is 4.38. The number of fused-ring (bicyclic) bond motifs is 1. The van der Waals surface area contributed by atoms with Crippen LogP contribution in [0.1, 0.15) is 5.56 Å². The van der Waals surface area contributed by atoms with Crippen LogP contribution in [0.15, 0.2) is 59.1 Å². The SMILES string of the molecule is N#Cc1cc(NC(=O)COc2ccc3ccccc3c2Br)ccc1F. The minimum absolute atomic E-state index is 0.129. The largest absolute Gasteiger partial charge is 0.483 e. The number of nitrogens with one attached hydrogen (secondary N) is 1. The van der Waals surface area contributed by atoms with E-state index in [1.807, 2.05) is 30.3 Å². The van der Waals surface area contributed by atoms with Crippen LogP contribution in [0.25, 0.3) is 10.8 Å². The molecule has 124 valence electrons. The van der Waals surface area contributed by atoms with Crippen LogP contribution in [0, 0.1) is 17.1 Å². The first-order valence-electron chi connectivity index (χ1n) is 7.38. The van der Waals surface area contributed by atoms with Crippen molar-refractivity contribution < 1.29 is 13.9 Å². The highest BCUT2D eigenvalue weighted by Crippen LogP contribution is 2.33. The lowest BCUT2D eigenvalue weighted by molar-refractivity contribution is -0.118. The van der Waals surface area contributed by atoms with Gasteiger partial charge >= 0.3 is 0 Å². The molecule has 3 rings (SSSR count). The molecule has 0 aliphatic carbocycles. The maximum atomic E-state index is 13.3. The Hall–Kier alpha value is -2.91. The van der Waals surface area contributed by atoms with E-state index >= 15 is 0 Å². The lowest BCUT2D eigenvalue weighted by Gasteiger charge is -2.11. The van der Waals surface area contributed by atoms with Crippen molar-refractivity contribution in [2.45, 2.75) is 0 Å². The molecule has 0 saturated carbocycles. The summed E-state index contributed by atoms with van der Waals surface area (Å²) in [6.45, 7) is -0.212. The molecule has 0 fully saturated rings. The summed E-state index contributed by atoms with van der Waals surface area (Å²) in [4.78, 5) is 12.0. The van der Waals surface area contributed by atoms with E-state index in [1.165, 1.54) is 12.1 Å². The van der Waals surface area contributed by atoms with Gasteiger partial charge in [-0.3, -0.25) is 4.79 Å². The third kappa shape index (κ3) is 3.78. The van der Waals surface area contributed by atoms with Gasteiger partial charge in [0.1, 0.15) is 17.6 Å². The van der Waals surface area contributed by atoms with Crippen LogP contribution in [0.4, 0.5) is 10.1 Å². The maximum Gasteiger partial charge on any atom is 0.262 e. The van der Waals surface area contributed by atoms with Crippen molar-refractivity contribution in [2.24, 2.45) is 0 Å². The van der Waals surface area contributed by atoms with Gasteiger partial charge in [0.25, 0.3) is 5.91 Å². The number of rotatable bonds is 4. The van der Waals surface area contributed by atoms with Crippen LogP contribution in [0.3, 0.4) is 0 Å². The lowest BCUT2D eigenvalue weighted by atomic mass is 10.1. The van der Waals surface area contributed by atoms with Gasteiger partial charge in [-0.15, -0.1) is 0 Å². The molecule has 0 spiro atoms. The van der Waals surface area contributed by atoms with Gasteiger partial charge in [0, 0.05) is 5.69 Å². The van der Waals surface area contributed by atoms with Gasteiger partial charge in [-0.1, -0.05) is 30.3 Å². The molecule has 0 radical (unpaired) electrons. The molecule has 1 amide bonds. The number of carbonyl (C=O) groups is 1. The Morgan fingerprint density at radius 3 is 2.80 bits per heavy atom. The summed E-state index contributed by atoms with van der Waals surface area (Å²) in [7, 11) is 0. The average Bonchev–Trinajstić information content (AvgIpc) is 2.63. The molecule has 6 heteroatoms. The first-order chi connectivity index (χ1) is 12.1. The number of amides is 1. The minimum atomic E-state index is -0.628. The fraction of sp³-hybridized carbons (Fsp3) is 0.0526. The van der Waals surface area contributed by atoms with E-state index in [0.717, 1.165) is 21.3 Å². The molecule has 1 N–H and O–H groups in total. The summed E-state index contributed by atoms with van der Waals surface area (Å²) in [5.74, 6) is -0.488.